The molecule has 0 aliphatic rings. The summed E-state index contributed by atoms with van der Waals surface area (Å²) in [6, 6.07) is 10.4. The lowest BCUT2D eigenvalue weighted by molar-refractivity contribution is 0.184. The highest BCUT2D eigenvalue weighted by atomic mass is 19.1. The maximum Gasteiger partial charge on any atom is 0.132 e. The standard InChI is InChI=1S/C17H20FNO2/c1-11-7-17(15(12(2)19)9-16(11)18)21-14-6-4-5-13(8-14)10-20-3/h4-9,12H,10,19H2,1-3H3/t12-/m0/s1. The van der Waals surface area contributed by atoms with E-state index >= 15 is 0 Å². The van der Waals surface area contributed by atoms with E-state index in [1.807, 2.05) is 24.3 Å². The molecule has 0 amide bonds. The van der Waals surface area contributed by atoms with Crippen LogP contribution in [0.4, 0.5) is 4.39 Å². The highest BCUT2D eigenvalue weighted by Gasteiger charge is 2.13. The monoisotopic (exact) mass is 289 g/mol. The Morgan fingerprint density at radius 3 is 2.67 bits per heavy atom. The summed E-state index contributed by atoms with van der Waals surface area (Å²) in [5.74, 6) is 0.985. The summed E-state index contributed by atoms with van der Waals surface area (Å²) < 4.78 is 24.7. The number of aryl methyl sites for hydroxylation is 1. The maximum absolute atomic E-state index is 13.7. The van der Waals surface area contributed by atoms with E-state index in [0.29, 0.717) is 29.2 Å². The number of ether oxygens (including phenoxy) is 2. The Kier molecular flexibility index (Phi) is 4.94. The molecule has 0 spiro atoms. The van der Waals surface area contributed by atoms with E-state index in [9.17, 15) is 4.39 Å². The molecule has 0 unspecified atom stereocenters. The molecule has 4 heteroatoms. The Labute approximate surface area is 124 Å². The van der Waals surface area contributed by atoms with Crippen molar-refractivity contribution in [2.75, 3.05) is 7.11 Å². The molecule has 0 bridgehead atoms. The summed E-state index contributed by atoms with van der Waals surface area (Å²) in [6.45, 7) is 4.02. The molecule has 0 fully saturated rings. The zero-order chi connectivity index (χ0) is 15.4. The zero-order valence-corrected chi connectivity index (χ0v) is 12.5. The van der Waals surface area contributed by atoms with Crippen LogP contribution in [0.5, 0.6) is 11.5 Å². The number of nitrogens with two attached hydrogens (primary N) is 1. The van der Waals surface area contributed by atoms with Crippen LogP contribution in [0.2, 0.25) is 0 Å². The fraction of sp³-hybridized carbons (Fsp3) is 0.294. The van der Waals surface area contributed by atoms with Gasteiger partial charge in [-0.3, -0.25) is 0 Å². The second-order valence-corrected chi connectivity index (χ2v) is 5.11. The normalized spacial score (nSPS) is 12.2. The lowest BCUT2D eigenvalue weighted by atomic mass is 10.0. The number of halogens is 1. The van der Waals surface area contributed by atoms with Gasteiger partial charge in [-0.2, -0.15) is 0 Å². The predicted molar refractivity (Wildman–Crippen MR) is 81.0 cm³/mol. The van der Waals surface area contributed by atoms with E-state index < -0.39 is 0 Å². The lowest BCUT2D eigenvalue weighted by Gasteiger charge is -2.15. The van der Waals surface area contributed by atoms with Crippen LogP contribution in [0.15, 0.2) is 36.4 Å². The van der Waals surface area contributed by atoms with Gasteiger partial charge in [0.05, 0.1) is 6.61 Å². The minimum absolute atomic E-state index is 0.275. The van der Waals surface area contributed by atoms with Crippen LogP contribution in [0.1, 0.15) is 29.7 Å². The van der Waals surface area contributed by atoms with Crippen molar-refractivity contribution in [1.29, 1.82) is 0 Å². The SMILES string of the molecule is COCc1cccc(Oc2cc(C)c(F)cc2[C@H](C)N)c1. The molecule has 2 aromatic rings. The number of hydrogen-bond acceptors (Lipinski definition) is 3. The second kappa shape index (κ2) is 6.70. The molecule has 0 saturated heterocycles. The average molecular weight is 289 g/mol. The van der Waals surface area contributed by atoms with Gasteiger partial charge in [-0.15, -0.1) is 0 Å². The maximum atomic E-state index is 13.7. The average Bonchev–Trinajstić information content (AvgIpc) is 2.43. The lowest BCUT2D eigenvalue weighted by Crippen LogP contribution is -2.08. The molecule has 0 saturated carbocycles. The Morgan fingerprint density at radius 1 is 1.24 bits per heavy atom. The van der Waals surface area contributed by atoms with Crippen LogP contribution in [0.25, 0.3) is 0 Å². The first kappa shape index (κ1) is 15.5. The smallest absolute Gasteiger partial charge is 0.132 e. The van der Waals surface area contributed by atoms with Crippen molar-refractivity contribution in [3.05, 3.63) is 58.9 Å². The van der Waals surface area contributed by atoms with E-state index in [-0.39, 0.29) is 11.9 Å². The summed E-state index contributed by atoms with van der Waals surface area (Å²) in [6.07, 6.45) is 0. The first-order chi connectivity index (χ1) is 10.0. The quantitative estimate of drug-likeness (QED) is 0.901. The van der Waals surface area contributed by atoms with Crippen molar-refractivity contribution in [2.24, 2.45) is 5.73 Å². The van der Waals surface area contributed by atoms with E-state index in [1.54, 1.807) is 27.0 Å². The molecular formula is C17H20FNO2. The third-order valence-electron chi connectivity index (χ3n) is 3.22. The molecule has 3 nitrogen and oxygen atoms in total. The van der Waals surface area contributed by atoms with E-state index in [0.717, 1.165) is 5.56 Å². The number of hydrogen-bond donors (Lipinski definition) is 1. The van der Waals surface area contributed by atoms with Gasteiger partial charge >= 0.3 is 0 Å². The molecule has 112 valence electrons. The minimum Gasteiger partial charge on any atom is -0.457 e. The highest BCUT2D eigenvalue weighted by Crippen LogP contribution is 2.31. The van der Waals surface area contributed by atoms with Crippen molar-refractivity contribution >= 4 is 0 Å². The number of rotatable bonds is 5. The number of methoxy groups -OCH3 is 1. The fourth-order valence-corrected chi connectivity index (χ4v) is 2.11. The van der Waals surface area contributed by atoms with Crippen LogP contribution in [0.3, 0.4) is 0 Å². The van der Waals surface area contributed by atoms with Gasteiger partial charge in [0.2, 0.25) is 0 Å². The Balaban J connectivity index is 2.34. The molecule has 0 aromatic heterocycles. The molecule has 0 heterocycles. The van der Waals surface area contributed by atoms with Gasteiger partial charge in [-0.1, -0.05) is 12.1 Å². The van der Waals surface area contributed by atoms with Crippen LogP contribution < -0.4 is 10.5 Å². The van der Waals surface area contributed by atoms with E-state index in [4.69, 9.17) is 15.2 Å². The summed E-state index contributed by atoms with van der Waals surface area (Å²) in [5.41, 5.74) is 8.09. The Morgan fingerprint density at radius 2 is 2.00 bits per heavy atom. The van der Waals surface area contributed by atoms with Crippen molar-refractivity contribution in [3.8, 4) is 11.5 Å². The first-order valence-electron chi connectivity index (χ1n) is 6.82. The van der Waals surface area contributed by atoms with Crippen LogP contribution in [-0.2, 0) is 11.3 Å². The molecule has 0 aliphatic heterocycles. The summed E-state index contributed by atoms with van der Waals surface area (Å²) in [7, 11) is 1.64. The van der Waals surface area contributed by atoms with E-state index in [1.165, 1.54) is 6.07 Å². The third kappa shape index (κ3) is 3.80. The molecular weight excluding hydrogens is 269 g/mol. The summed E-state index contributed by atoms with van der Waals surface area (Å²) in [5, 5.41) is 0. The van der Waals surface area contributed by atoms with Gasteiger partial charge in [-0.05, 0) is 49.2 Å². The van der Waals surface area contributed by atoms with Crippen molar-refractivity contribution < 1.29 is 13.9 Å². The van der Waals surface area contributed by atoms with Crippen LogP contribution in [-0.4, -0.2) is 7.11 Å². The zero-order valence-electron chi connectivity index (χ0n) is 12.5. The highest BCUT2D eigenvalue weighted by molar-refractivity contribution is 5.43. The first-order valence-corrected chi connectivity index (χ1v) is 6.82. The summed E-state index contributed by atoms with van der Waals surface area (Å²) in [4.78, 5) is 0. The van der Waals surface area contributed by atoms with Crippen LogP contribution >= 0.6 is 0 Å². The molecule has 2 aromatic carbocycles. The Hall–Kier alpha value is -1.91. The molecule has 0 aliphatic carbocycles. The molecule has 2 N–H and O–H groups in total. The molecule has 0 radical (unpaired) electrons. The fourth-order valence-electron chi connectivity index (χ4n) is 2.11. The van der Waals surface area contributed by atoms with Gasteiger partial charge in [0, 0.05) is 18.7 Å². The molecule has 2 rings (SSSR count). The Bertz CT molecular complexity index is 626. The van der Waals surface area contributed by atoms with Crippen molar-refractivity contribution in [2.45, 2.75) is 26.5 Å². The van der Waals surface area contributed by atoms with Crippen LogP contribution in [0, 0.1) is 12.7 Å². The largest absolute Gasteiger partial charge is 0.457 e. The second-order valence-electron chi connectivity index (χ2n) is 5.11. The van der Waals surface area contributed by atoms with Crippen molar-refractivity contribution in [1.82, 2.24) is 0 Å². The van der Waals surface area contributed by atoms with Gasteiger partial charge < -0.3 is 15.2 Å². The molecule has 1 atom stereocenters. The van der Waals surface area contributed by atoms with Gasteiger partial charge in [0.15, 0.2) is 0 Å². The van der Waals surface area contributed by atoms with Crippen molar-refractivity contribution in [3.63, 3.8) is 0 Å². The molecule has 21 heavy (non-hydrogen) atoms. The summed E-state index contributed by atoms with van der Waals surface area (Å²) >= 11 is 0. The third-order valence-corrected chi connectivity index (χ3v) is 3.22. The van der Waals surface area contributed by atoms with Gasteiger partial charge in [-0.25, -0.2) is 4.39 Å². The number of benzene rings is 2. The van der Waals surface area contributed by atoms with E-state index in [2.05, 4.69) is 0 Å². The van der Waals surface area contributed by atoms with Gasteiger partial charge in [0.25, 0.3) is 0 Å². The van der Waals surface area contributed by atoms with Gasteiger partial charge in [0.1, 0.15) is 17.3 Å². The topological polar surface area (TPSA) is 44.5 Å². The predicted octanol–water partition coefficient (Wildman–Crippen LogP) is 4.09. The minimum atomic E-state index is -0.308.